The van der Waals surface area contributed by atoms with E-state index >= 15 is 4.39 Å². The van der Waals surface area contributed by atoms with Gasteiger partial charge in [-0.05, 0) is 43.4 Å². The van der Waals surface area contributed by atoms with E-state index in [-0.39, 0.29) is 28.2 Å². The predicted octanol–water partition coefficient (Wildman–Crippen LogP) is 7.90. The average molecular weight is 471 g/mol. The van der Waals surface area contributed by atoms with E-state index in [1.165, 1.54) is 25.1 Å². The molecule has 2 unspecified atom stereocenters. The number of hydrogen-bond donors (Lipinski definition) is 0. The summed E-state index contributed by atoms with van der Waals surface area (Å²) in [5.41, 5.74) is 1.50. The second-order valence-corrected chi connectivity index (χ2v) is 8.53. The van der Waals surface area contributed by atoms with Crippen molar-refractivity contribution in [2.24, 2.45) is 5.92 Å². The van der Waals surface area contributed by atoms with Crippen molar-refractivity contribution in [1.29, 1.82) is 0 Å². The molecule has 0 bridgehead atoms. The van der Waals surface area contributed by atoms with Gasteiger partial charge in [0.25, 0.3) is 0 Å². The Morgan fingerprint density at radius 2 is 1.44 bits per heavy atom. The van der Waals surface area contributed by atoms with Crippen molar-refractivity contribution in [2.45, 2.75) is 32.8 Å². The quantitative estimate of drug-likeness (QED) is 0.269. The first-order chi connectivity index (χ1) is 16.4. The summed E-state index contributed by atoms with van der Waals surface area (Å²) in [7, 11) is 0. The van der Waals surface area contributed by atoms with Crippen LogP contribution in [0.3, 0.4) is 0 Å². The normalized spacial score (nSPS) is 18.4. The van der Waals surface area contributed by atoms with Crippen molar-refractivity contribution in [3.05, 3.63) is 95.3 Å². The lowest BCUT2D eigenvalue weighted by Gasteiger charge is -2.29. The first-order valence-electron chi connectivity index (χ1n) is 11.3. The van der Waals surface area contributed by atoms with Gasteiger partial charge in [0.05, 0.1) is 25.6 Å². The molecule has 4 rings (SSSR count). The van der Waals surface area contributed by atoms with E-state index in [9.17, 15) is 13.2 Å². The fourth-order valence-electron chi connectivity index (χ4n) is 4.20. The van der Waals surface area contributed by atoms with Crippen molar-refractivity contribution in [2.75, 3.05) is 13.2 Å². The minimum atomic E-state index is -0.958. The molecule has 0 spiro atoms. The Kier molecular flexibility index (Phi) is 7.37. The molecule has 34 heavy (non-hydrogen) atoms. The first-order valence-corrected chi connectivity index (χ1v) is 11.3. The Morgan fingerprint density at radius 1 is 0.824 bits per heavy atom. The van der Waals surface area contributed by atoms with E-state index in [1.807, 2.05) is 6.92 Å². The van der Waals surface area contributed by atoms with Gasteiger partial charge in [0.1, 0.15) is 0 Å². The highest BCUT2D eigenvalue weighted by atomic mass is 19.2. The van der Waals surface area contributed by atoms with E-state index in [0.29, 0.717) is 30.8 Å². The van der Waals surface area contributed by atoms with Gasteiger partial charge in [0.2, 0.25) is 0 Å². The molecule has 1 aliphatic rings. The van der Waals surface area contributed by atoms with Crippen molar-refractivity contribution in [3.8, 4) is 22.3 Å². The largest absolute Gasteiger partial charge is 0.501 e. The van der Waals surface area contributed by atoms with Crippen molar-refractivity contribution in [1.82, 2.24) is 0 Å². The first kappa shape index (κ1) is 24.0. The Labute approximate surface area is 196 Å². The lowest BCUT2D eigenvalue weighted by molar-refractivity contribution is -0.0348. The van der Waals surface area contributed by atoms with Gasteiger partial charge in [-0.15, -0.1) is 0 Å². The Hall–Kier alpha value is -3.12. The molecule has 0 aromatic heterocycles. The third kappa shape index (κ3) is 4.87. The van der Waals surface area contributed by atoms with E-state index in [0.717, 1.165) is 6.42 Å². The Bertz CT molecular complexity index is 1180. The molecule has 3 aromatic carbocycles. The molecule has 2 atom stereocenters. The van der Waals surface area contributed by atoms with Gasteiger partial charge in [-0.2, -0.15) is 0 Å². The molecule has 1 saturated heterocycles. The number of rotatable bonds is 6. The second kappa shape index (κ2) is 10.4. The summed E-state index contributed by atoms with van der Waals surface area (Å²) in [4.78, 5) is 0. The maximum Gasteiger partial charge on any atom is 0.167 e. The fraction of sp³-hybridized carbons (Fsp3) is 0.286. The van der Waals surface area contributed by atoms with Crippen LogP contribution < -0.4 is 0 Å². The maximum atomic E-state index is 15.0. The van der Waals surface area contributed by atoms with E-state index in [2.05, 4.69) is 0 Å². The van der Waals surface area contributed by atoms with Crippen LogP contribution in [0, 0.1) is 36.1 Å². The van der Waals surface area contributed by atoms with Crippen LogP contribution in [0.25, 0.3) is 22.3 Å². The molecule has 1 fully saturated rings. The molecule has 3 aromatic rings. The molecule has 6 heteroatoms. The Balaban J connectivity index is 1.51. The van der Waals surface area contributed by atoms with E-state index in [4.69, 9.17) is 9.47 Å². The van der Waals surface area contributed by atoms with Crippen LogP contribution in [0.1, 0.15) is 37.0 Å². The molecule has 0 N–H and O–H groups in total. The smallest absolute Gasteiger partial charge is 0.167 e. The molecular weight excluding hydrogens is 444 g/mol. The number of aryl methyl sites for hydroxylation is 1. The van der Waals surface area contributed by atoms with Crippen LogP contribution >= 0.6 is 0 Å². The second-order valence-electron chi connectivity index (χ2n) is 8.53. The zero-order valence-electron chi connectivity index (χ0n) is 19.1. The number of allylic oxidation sites excluding steroid dienone is 1. The van der Waals surface area contributed by atoms with Gasteiger partial charge in [-0.3, -0.25) is 0 Å². The van der Waals surface area contributed by atoms with Crippen molar-refractivity contribution >= 4 is 0 Å². The maximum absolute atomic E-state index is 15.0. The summed E-state index contributed by atoms with van der Waals surface area (Å²) in [6.07, 6.45) is 4.29. The topological polar surface area (TPSA) is 18.5 Å². The van der Waals surface area contributed by atoms with Gasteiger partial charge in [-0.25, -0.2) is 17.6 Å². The minimum absolute atomic E-state index is 0.0943. The van der Waals surface area contributed by atoms with Crippen LogP contribution in [0.4, 0.5) is 17.6 Å². The molecule has 1 aliphatic heterocycles. The Morgan fingerprint density at radius 3 is 2.03 bits per heavy atom. The summed E-state index contributed by atoms with van der Waals surface area (Å²) < 4.78 is 69.4. The monoisotopic (exact) mass is 470 g/mol. The number of hydrogen-bond acceptors (Lipinski definition) is 2. The SMILES string of the molecule is C/C=C/OCC1CCC(c2ccc(-c3ccc(-c4ccc(C)c(F)c4F)cc3)c(F)c2F)OC1. The van der Waals surface area contributed by atoms with Crippen LogP contribution in [0.15, 0.2) is 60.9 Å². The molecule has 2 nitrogen and oxygen atoms in total. The van der Waals surface area contributed by atoms with Crippen molar-refractivity contribution < 1.29 is 27.0 Å². The molecule has 0 amide bonds. The summed E-state index contributed by atoms with van der Waals surface area (Å²) in [6, 6.07) is 12.3. The number of ether oxygens (including phenoxy) is 2. The van der Waals surface area contributed by atoms with Gasteiger partial charge in [-0.1, -0.05) is 54.6 Å². The zero-order valence-corrected chi connectivity index (χ0v) is 19.1. The summed E-state index contributed by atoms with van der Waals surface area (Å²) in [5, 5.41) is 0. The third-order valence-corrected chi connectivity index (χ3v) is 6.18. The van der Waals surface area contributed by atoms with Crippen molar-refractivity contribution in [3.63, 3.8) is 0 Å². The number of benzene rings is 3. The highest BCUT2D eigenvalue weighted by Gasteiger charge is 2.27. The van der Waals surface area contributed by atoms with Gasteiger partial charge in [0.15, 0.2) is 23.3 Å². The fourth-order valence-corrected chi connectivity index (χ4v) is 4.20. The van der Waals surface area contributed by atoms with Gasteiger partial charge < -0.3 is 9.47 Å². The van der Waals surface area contributed by atoms with Crippen LogP contribution in [0.2, 0.25) is 0 Å². The lowest BCUT2D eigenvalue weighted by atomic mass is 9.93. The van der Waals surface area contributed by atoms with Crippen LogP contribution in [0.5, 0.6) is 0 Å². The van der Waals surface area contributed by atoms with Crippen LogP contribution in [-0.2, 0) is 9.47 Å². The molecule has 0 aliphatic carbocycles. The molecule has 0 saturated carbocycles. The molecule has 0 radical (unpaired) electrons. The average Bonchev–Trinajstić information content (AvgIpc) is 2.85. The lowest BCUT2D eigenvalue weighted by Crippen LogP contribution is -2.24. The summed E-state index contributed by atoms with van der Waals surface area (Å²) >= 11 is 0. The van der Waals surface area contributed by atoms with Gasteiger partial charge >= 0.3 is 0 Å². The van der Waals surface area contributed by atoms with E-state index < -0.39 is 29.4 Å². The highest BCUT2D eigenvalue weighted by molar-refractivity contribution is 5.71. The summed E-state index contributed by atoms with van der Waals surface area (Å²) in [5.74, 6) is -3.50. The minimum Gasteiger partial charge on any atom is -0.501 e. The number of halogens is 4. The molecule has 1 heterocycles. The summed E-state index contributed by atoms with van der Waals surface area (Å²) in [6.45, 7) is 4.31. The predicted molar refractivity (Wildman–Crippen MR) is 124 cm³/mol. The molecular formula is C28H26F4O2. The van der Waals surface area contributed by atoms with E-state index in [1.54, 1.807) is 42.7 Å². The third-order valence-electron chi connectivity index (χ3n) is 6.18. The standard InChI is InChI=1S/C28H26F4O2/c1-3-14-33-15-18-5-13-24(34-16-18)23-12-11-22(27(31)28(23)32)20-8-6-19(7-9-20)21-10-4-17(2)25(29)26(21)30/h3-4,6-12,14,18,24H,5,13,15-16H2,1-2H3/b14-3+. The van der Waals surface area contributed by atoms with Gasteiger partial charge in [0, 0.05) is 22.6 Å². The van der Waals surface area contributed by atoms with Crippen LogP contribution in [-0.4, -0.2) is 13.2 Å². The molecule has 178 valence electrons. The highest BCUT2D eigenvalue weighted by Crippen LogP contribution is 2.36. The zero-order chi connectivity index (χ0) is 24.2.